The van der Waals surface area contributed by atoms with Crippen molar-refractivity contribution in [2.75, 3.05) is 25.2 Å². The van der Waals surface area contributed by atoms with Gasteiger partial charge < -0.3 is 14.7 Å². The fraction of sp³-hybridized carbons (Fsp3) is 0.364. The van der Waals surface area contributed by atoms with Gasteiger partial charge in [0.25, 0.3) is 0 Å². The van der Waals surface area contributed by atoms with Gasteiger partial charge in [-0.15, -0.1) is 0 Å². The predicted molar refractivity (Wildman–Crippen MR) is 56.4 cm³/mol. The molecular formula is C11H13NO3. The maximum absolute atomic E-state index is 10.6. The average molecular weight is 207 g/mol. The third kappa shape index (κ3) is 1.94. The van der Waals surface area contributed by atoms with Crippen LogP contribution in [0.3, 0.4) is 0 Å². The summed E-state index contributed by atoms with van der Waals surface area (Å²) in [7, 11) is 1.99. The van der Waals surface area contributed by atoms with E-state index in [2.05, 4.69) is 4.90 Å². The van der Waals surface area contributed by atoms with Gasteiger partial charge in [-0.3, -0.25) is 0 Å². The lowest BCUT2D eigenvalue weighted by Crippen LogP contribution is -2.47. The van der Waals surface area contributed by atoms with Crippen LogP contribution in [0.15, 0.2) is 24.3 Å². The number of ether oxygens (including phenoxy) is 1. The lowest BCUT2D eigenvalue weighted by Gasteiger charge is -2.36. The van der Waals surface area contributed by atoms with Crippen LogP contribution in [-0.2, 0) is 4.74 Å². The Hall–Kier alpha value is -1.55. The van der Waals surface area contributed by atoms with E-state index in [0.29, 0.717) is 11.6 Å². The molecule has 0 bridgehead atoms. The summed E-state index contributed by atoms with van der Waals surface area (Å²) in [5.74, 6) is -0.892. The number of rotatable bonds is 3. The summed E-state index contributed by atoms with van der Waals surface area (Å²) in [5.41, 5.74) is 1.34. The third-order valence-electron chi connectivity index (χ3n) is 2.69. The van der Waals surface area contributed by atoms with Crippen molar-refractivity contribution in [3.8, 4) is 0 Å². The quantitative estimate of drug-likeness (QED) is 0.809. The van der Waals surface area contributed by atoms with E-state index in [4.69, 9.17) is 9.84 Å². The minimum absolute atomic E-state index is 0.317. The number of hydrogen-bond donors (Lipinski definition) is 1. The zero-order valence-corrected chi connectivity index (χ0v) is 8.51. The molecule has 1 heterocycles. The van der Waals surface area contributed by atoms with Crippen LogP contribution in [0, 0.1) is 0 Å². The van der Waals surface area contributed by atoms with E-state index in [1.165, 1.54) is 0 Å². The van der Waals surface area contributed by atoms with Crippen molar-refractivity contribution >= 4 is 11.7 Å². The van der Waals surface area contributed by atoms with Gasteiger partial charge in [0.2, 0.25) is 0 Å². The second-order valence-corrected chi connectivity index (χ2v) is 3.65. The van der Waals surface area contributed by atoms with E-state index in [9.17, 15) is 4.79 Å². The van der Waals surface area contributed by atoms with Crippen LogP contribution < -0.4 is 4.90 Å². The van der Waals surface area contributed by atoms with Crippen LogP contribution >= 0.6 is 0 Å². The Labute approximate surface area is 88.1 Å². The van der Waals surface area contributed by atoms with Gasteiger partial charge in [-0.1, -0.05) is 0 Å². The van der Waals surface area contributed by atoms with Gasteiger partial charge in [0.1, 0.15) is 0 Å². The maximum Gasteiger partial charge on any atom is 0.335 e. The Morgan fingerprint density at radius 3 is 2.40 bits per heavy atom. The highest BCUT2D eigenvalue weighted by molar-refractivity contribution is 5.88. The number of anilines is 1. The summed E-state index contributed by atoms with van der Waals surface area (Å²) < 4.78 is 5.10. The number of aromatic carboxylic acids is 1. The van der Waals surface area contributed by atoms with Crippen LogP contribution in [-0.4, -0.2) is 37.4 Å². The molecule has 0 saturated carbocycles. The van der Waals surface area contributed by atoms with E-state index < -0.39 is 5.97 Å². The molecule has 0 aromatic heterocycles. The maximum atomic E-state index is 10.6. The molecule has 80 valence electrons. The van der Waals surface area contributed by atoms with Crippen LogP contribution in [0.1, 0.15) is 10.4 Å². The van der Waals surface area contributed by atoms with Crippen LogP contribution in [0.4, 0.5) is 5.69 Å². The largest absolute Gasteiger partial charge is 0.478 e. The Morgan fingerprint density at radius 2 is 2.00 bits per heavy atom. The van der Waals surface area contributed by atoms with Crippen LogP contribution in [0.2, 0.25) is 0 Å². The van der Waals surface area contributed by atoms with Crippen LogP contribution in [0.5, 0.6) is 0 Å². The lowest BCUT2D eigenvalue weighted by atomic mass is 10.1. The fourth-order valence-corrected chi connectivity index (χ4v) is 1.50. The Morgan fingerprint density at radius 1 is 1.40 bits per heavy atom. The average Bonchev–Trinajstić information content (AvgIpc) is 2.15. The van der Waals surface area contributed by atoms with Gasteiger partial charge in [0.05, 0.1) is 24.8 Å². The Kier molecular flexibility index (Phi) is 2.60. The monoisotopic (exact) mass is 207 g/mol. The molecule has 2 rings (SSSR count). The highest BCUT2D eigenvalue weighted by atomic mass is 16.5. The minimum Gasteiger partial charge on any atom is -0.478 e. The second kappa shape index (κ2) is 3.90. The summed E-state index contributed by atoms with van der Waals surface area (Å²) in [5, 5.41) is 8.75. The molecule has 15 heavy (non-hydrogen) atoms. The molecule has 4 nitrogen and oxygen atoms in total. The standard InChI is InChI=1S/C11H13NO3/c1-12(10-6-15-7-10)9-4-2-8(3-5-9)11(13)14/h2-5,10H,6-7H2,1H3,(H,13,14). The molecule has 0 amide bonds. The Bertz CT molecular complexity index is 357. The molecule has 1 saturated heterocycles. The summed E-state index contributed by atoms with van der Waals surface area (Å²) in [6, 6.07) is 7.30. The number of benzene rings is 1. The second-order valence-electron chi connectivity index (χ2n) is 3.65. The third-order valence-corrected chi connectivity index (χ3v) is 2.69. The minimum atomic E-state index is -0.892. The van der Waals surface area contributed by atoms with E-state index in [1.807, 2.05) is 19.2 Å². The van der Waals surface area contributed by atoms with Gasteiger partial charge in [-0.2, -0.15) is 0 Å². The molecule has 4 heteroatoms. The number of carboxylic acid groups (broad SMARTS) is 1. The SMILES string of the molecule is CN(c1ccc(C(=O)O)cc1)C1COC1. The molecule has 1 aromatic carbocycles. The zero-order valence-electron chi connectivity index (χ0n) is 8.51. The first-order chi connectivity index (χ1) is 7.18. The molecule has 1 aliphatic rings. The van der Waals surface area contributed by atoms with E-state index >= 15 is 0 Å². The van der Waals surface area contributed by atoms with Crippen LogP contribution in [0.25, 0.3) is 0 Å². The van der Waals surface area contributed by atoms with E-state index in [-0.39, 0.29) is 0 Å². The highest BCUT2D eigenvalue weighted by Crippen LogP contribution is 2.19. The first-order valence-corrected chi connectivity index (χ1v) is 4.82. The number of nitrogens with zero attached hydrogens (tertiary/aromatic N) is 1. The molecule has 0 aliphatic carbocycles. The summed E-state index contributed by atoms with van der Waals surface area (Å²) in [4.78, 5) is 12.8. The van der Waals surface area contributed by atoms with E-state index in [0.717, 1.165) is 18.9 Å². The molecule has 0 unspecified atom stereocenters. The first kappa shape index (κ1) is 9.98. The number of carbonyl (C=O) groups is 1. The van der Waals surface area contributed by atoms with Crippen molar-refractivity contribution in [2.45, 2.75) is 6.04 Å². The van der Waals surface area contributed by atoms with Crippen molar-refractivity contribution < 1.29 is 14.6 Å². The molecule has 0 atom stereocenters. The van der Waals surface area contributed by atoms with Crippen molar-refractivity contribution in [2.24, 2.45) is 0 Å². The van der Waals surface area contributed by atoms with Gasteiger partial charge in [0, 0.05) is 12.7 Å². The molecule has 1 aliphatic heterocycles. The first-order valence-electron chi connectivity index (χ1n) is 4.82. The lowest BCUT2D eigenvalue weighted by molar-refractivity contribution is 0.0101. The number of hydrogen-bond acceptors (Lipinski definition) is 3. The molecule has 0 spiro atoms. The van der Waals surface area contributed by atoms with Crippen molar-refractivity contribution in [1.29, 1.82) is 0 Å². The van der Waals surface area contributed by atoms with Crippen molar-refractivity contribution in [3.05, 3.63) is 29.8 Å². The molecule has 1 aromatic rings. The predicted octanol–water partition coefficient (Wildman–Crippen LogP) is 1.22. The van der Waals surface area contributed by atoms with E-state index in [1.54, 1.807) is 12.1 Å². The van der Waals surface area contributed by atoms with Gasteiger partial charge >= 0.3 is 5.97 Å². The smallest absolute Gasteiger partial charge is 0.335 e. The molecule has 1 fully saturated rings. The van der Waals surface area contributed by atoms with Gasteiger partial charge in [0.15, 0.2) is 0 Å². The summed E-state index contributed by atoms with van der Waals surface area (Å²) in [6.45, 7) is 1.49. The molecular weight excluding hydrogens is 194 g/mol. The van der Waals surface area contributed by atoms with Crippen molar-refractivity contribution in [1.82, 2.24) is 0 Å². The summed E-state index contributed by atoms with van der Waals surface area (Å²) in [6.07, 6.45) is 0. The number of carboxylic acids is 1. The highest BCUT2D eigenvalue weighted by Gasteiger charge is 2.23. The normalized spacial score (nSPS) is 15.8. The Balaban J connectivity index is 2.11. The fourth-order valence-electron chi connectivity index (χ4n) is 1.50. The topological polar surface area (TPSA) is 49.8 Å². The molecule has 1 N–H and O–H groups in total. The van der Waals surface area contributed by atoms with Gasteiger partial charge in [-0.05, 0) is 24.3 Å². The number of likely N-dealkylation sites (N-methyl/N-ethyl adjacent to an activating group) is 1. The summed E-state index contributed by atoms with van der Waals surface area (Å²) >= 11 is 0. The zero-order chi connectivity index (χ0) is 10.8. The van der Waals surface area contributed by atoms with Crippen molar-refractivity contribution in [3.63, 3.8) is 0 Å². The molecule has 0 radical (unpaired) electrons. The van der Waals surface area contributed by atoms with Gasteiger partial charge in [-0.25, -0.2) is 4.79 Å².